The molecule has 0 aromatic carbocycles. The van der Waals surface area contributed by atoms with Crippen LogP contribution in [-0.4, -0.2) is 6.17 Å². The molecule has 0 aromatic rings. The van der Waals surface area contributed by atoms with Crippen molar-refractivity contribution in [1.82, 2.24) is 0 Å². The molecule has 0 spiro atoms. The van der Waals surface area contributed by atoms with Gasteiger partial charge in [-0.25, -0.2) is 8.78 Å². The van der Waals surface area contributed by atoms with E-state index in [2.05, 4.69) is 6.58 Å². The third-order valence-corrected chi connectivity index (χ3v) is 1.03. The molecule has 1 atom stereocenters. The summed E-state index contributed by atoms with van der Waals surface area (Å²) in [6, 6.07) is 0. The highest BCUT2D eigenvalue weighted by Gasteiger charge is 1.91. The van der Waals surface area contributed by atoms with Crippen molar-refractivity contribution >= 4 is 0 Å². The first kappa shape index (κ1) is 10.1. The highest BCUT2D eigenvalue weighted by molar-refractivity contribution is 5.23. The van der Waals surface area contributed by atoms with Crippen molar-refractivity contribution in [2.24, 2.45) is 0 Å². The Morgan fingerprint density at radius 3 is 2.45 bits per heavy atom. The van der Waals surface area contributed by atoms with E-state index in [1.807, 2.05) is 0 Å². The second-order valence-electron chi connectivity index (χ2n) is 2.36. The van der Waals surface area contributed by atoms with E-state index in [0.717, 1.165) is 0 Å². The van der Waals surface area contributed by atoms with Gasteiger partial charge in [0.1, 0.15) is 12.0 Å². The van der Waals surface area contributed by atoms with Gasteiger partial charge >= 0.3 is 0 Å². The minimum Gasteiger partial charge on any atom is -0.243 e. The zero-order valence-electron chi connectivity index (χ0n) is 6.77. The van der Waals surface area contributed by atoms with Crippen LogP contribution in [0.4, 0.5) is 8.78 Å². The molecule has 0 rings (SSSR count). The SMILES string of the molecule is C=C(C)/C(F)=C\C=C/C(C)F. The average molecular weight is 158 g/mol. The molecule has 0 aromatic heterocycles. The number of allylic oxidation sites excluding steroid dienone is 5. The van der Waals surface area contributed by atoms with E-state index in [0.29, 0.717) is 5.57 Å². The van der Waals surface area contributed by atoms with Gasteiger partial charge < -0.3 is 0 Å². The third kappa shape index (κ3) is 5.52. The maximum Gasteiger partial charge on any atom is 0.125 e. The van der Waals surface area contributed by atoms with Gasteiger partial charge in [-0.3, -0.25) is 0 Å². The molecule has 0 saturated heterocycles. The molecular formula is C9H12F2. The van der Waals surface area contributed by atoms with Gasteiger partial charge in [-0.2, -0.15) is 0 Å². The maximum absolute atomic E-state index is 12.6. The lowest BCUT2D eigenvalue weighted by atomic mass is 10.2. The van der Waals surface area contributed by atoms with Crippen molar-refractivity contribution in [2.45, 2.75) is 20.0 Å². The largest absolute Gasteiger partial charge is 0.243 e. The van der Waals surface area contributed by atoms with Crippen LogP contribution >= 0.6 is 0 Å². The molecule has 1 unspecified atom stereocenters. The average Bonchev–Trinajstić information content (AvgIpc) is 1.86. The fourth-order valence-electron chi connectivity index (χ4n) is 0.435. The predicted octanol–water partition coefficient (Wildman–Crippen LogP) is 3.33. The molecule has 0 amide bonds. The lowest BCUT2D eigenvalue weighted by Crippen LogP contribution is -1.81. The summed E-state index contributed by atoms with van der Waals surface area (Å²) in [7, 11) is 0. The fourth-order valence-corrected chi connectivity index (χ4v) is 0.435. The maximum atomic E-state index is 12.6. The zero-order valence-corrected chi connectivity index (χ0v) is 6.77. The molecule has 11 heavy (non-hydrogen) atoms. The second-order valence-corrected chi connectivity index (χ2v) is 2.36. The molecule has 0 N–H and O–H groups in total. The van der Waals surface area contributed by atoms with Crippen LogP contribution in [0, 0.1) is 0 Å². The first-order valence-corrected chi connectivity index (χ1v) is 3.38. The van der Waals surface area contributed by atoms with Crippen molar-refractivity contribution < 1.29 is 8.78 Å². The van der Waals surface area contributed by atoms with Crippen LogP contribution in [0.2, 0.25) is 0 Å². The van der Waals surface area contributed by atoms with Crippen LogP contribution in [-0.2, 0) is 0 Å². The van der Waals surface area contributed by atoms with Crippen molar-refractivity contribution in [1.29, 1.82) is 0 Å². The van der Waals surface area contributed by atoms with E-state index in [1.54, 1.807) is 6.92 Å². The predicted molar refractivity (Wildman–Crippen MR) is 43.7 cm³/mol. The molecule has 0 radical (unpaired) electrons. The number of hydrogen-bond donors (Lipinski definition) is 0. The van der Waals surface area contributed by atoms with Crippen molar-refractivity contribution in [3.05, 3.63) is 36.2 Å². The van der Waals surface area contributed by atoms with Crippen LogP contribution in [0.15, 0.2) is 36.2 Å². The highest BCUT2D eigenvalue weighted by atomic mass is 19.1. The molecule has 0 fully saturated rings. The van der Waals surface area contributed by atoms with Gasteiger partial charge in [-0.05, 0) is 25.5 Å². The summed E-state index contributed by atoms with van der Waals surface area (Å²) in [6.07, 6.45) is 2.76. The Labute approximate surface area is 65.9 Å². The topological polar surface area (TPSA) is 0 Å². The molecule has 0 nitrogen and oxygen atoms in total. The molecule has 0 aliphatic heterocycles. The summed E-state index contributed by atoms with van der Waals surface area (Å²) in [6.45, 7) is 6.31. The van der Waals surface area contributed by atoms with E-state index in [1.165, 1.54) is 25.2 Å². The molecule has 62 valence electrons. The monoisotopic (exact) mass is 158 g/mol. The van der Waals surface area contributed by atoms with Gasteiger partial charge in [0, 0.05) is 0 Å². The third-order valence-electron chi connectivity index (χ3n) is 1.03. The molecule has 0 bridgehead atoms. The minimum absolute atomic E-state index is 0.348. The van der Waals surface area contributed by atoms with Crippen LogP contribution in [0.1, 0.15) is 13.8 Å². The highest BCUT2D eigenvalue weighted by Crippen LogP contribution is 2.07. The number of alkyl halides is 1. The number of rotatable bonds is 3. The van der Waals surface area contributed by atoms with Gasteiger partial charge in [-0.15, -0.1) is 0 Å². The Morgan fingerprint density at radius 2 is 2.09 bits per heavy atom. The Morgan fingerprint density at radius 1 is 1.55 bits per heavy atom. The van der Waals surface area contributed by atoms with Gasteiger partial charge in [-0.1, -0.05) is 18.7 Å². The van der Waals surface area contributed by atoms with Gasteiger partial charge in [0.25, 0.3) is 0 Å². The summed E-state index contributed by atoms with van der Waals surface area (Å²) in [5, 5.41) is 0. The fraction of sp³-hybridized carbons (Fsp3) is 0.333. The zero-order chi connectivity index (χ0) is 8.85. The number of halogens is 2. The summed E-state index contributed by atoms with van der Waals surface area (Å²) in [5.41, 5.74) is 0.348. The first-order chi connectivity index (χ1) is 5.04. The molecule has 2 heteroatoms. The van der Waals surface area contributed by atoms with E-state index in [4.69, 9.17) is 0 Å². The Hall–Kier alpha value is -0.920. The lowest BCUT2D eigenvalue weighted by Gasteiger charge is -1.90. The molecule has 0 heterocycles. The first-order valence-electron chi connectivity index (χ1n) is 3.38. The van der Waals surface area contributed by atoms with E-state index in [9.17, 15) is 8.78 Å². The van der Waals surface area contributed by atoms with Crippen molar-refractivity contribution in [3.8, 4) is 0 Å². The summed E-state index contributed by atoms with van der Waals surface area (Å²) < 4.78 is 24.7. The van der Waals surface area contributed by atoms with Crippen LogP contribution < -0.4 is 0 Å². The van der Waals surface area contributed by atoms with Crippen molar-refractivity contribution in [3.63, 3.8) is 0 Å². The van der Waals surface area contributed by atoms with Crippen LogP contribution in [0.5, 0.6) is 0 Å². The van der Waals surface area contributed by atoms with Gasteiger partial charge in [0.15, 0.2) is 0 Å². The van der Waals surface area contributed by atoms with Gasteiger partial charge in [0.2, 0.25) is 0 Å². The molecule has 0 aliphatic rings. The van der Waals surface area contributed by atoms with E-state index < -0.39 is 12.0 Å². The van der Waals surface area contributed by atoms with E-state index >= 15 is 0 Å². The summed E-state index contributed by atoms with van der Waals surface area (Å²) in [5.74, 6) is -0.415. The Bertz CT molecular complexity index is 188. The molecular weight excluding hydrogens is 146 g/mol. The normalized spacial score (nSPS) is 15.5. The quantitative estimate of drug-likeness (QED) is 0.552. The summed E-state index contributed by atoms with van der Waals surface area (Å²) in [4.78, 5) is 0. The summed E-state index contributed by atoms with van der Waals surface area (Å²) >= 11 is 0. The Kier molecular flexibility index (Phi) is 4.42. The second kappa shape index (κ2) is 4.83. The van der Waals surface area contributed by atoms with Gasteiger partial charge in [0.05, 0.1) is 0 Å². The Balaban J connectivity index is 4.02. The smallest absolute Gasteiger partial charge is 0.125 e. The lowest BCUT2D eigenvalue weighted by molar-refractivity contribution is 0.430. The van der Waals surface area contributed by atoms with Crippen LogP contribution in [0.25, 0.3) is 0 Å². The van der Waals surface area contributed by atoms with Crippen LogP contribution in [0.3, 0.4) is 0 Å². The molecule has 0 aliphatic carbocycles. The minimum atomic E-state index is -1.04. The van der Waals surface area contributed by atoms with Crippen molar-refractivity contribution in [2.75, 3.05) is 0 Å². The van der Waals surface area contributed by atoms with E-state index in [-0.39, 0.29) is 0 Å². The standard InChI is InChI=1S/C9H12F2/c1-7(2)9(11)6-4-5-8(3)10/h4-6,8H,1H2,2-3H3/b5-4-,9-6+. The number of hydrogen-bond acceptors (Lipinski definition) is 0. The molecule has 0 saturated carbocycles.